The maximum atomic E-state index is 12.2. The van der Waals surface area contributed by atoms with E-state index in [2.05, 4.69) is 17.4 Å². The molecule has 23 heavy (non-hydrogen) atoms. The zero-order valence-electron chi connectivity index (χ0n) is 12.8. The van der Waals surface area contributed by atoms with Crippen LogP contribution in [0, 0.1) is 0 Å². The molecule has 0 spiro atoms. The molecule has 1 aliphatic rings. The molecule has 1 saturated heterocycles. The van der Waals surface area contributed by atoms with Crippen LogP contribution in [0.3, 0.4) is 0 Å². The summed E-state index contributed by atoms with van der Waals surface area (Å²) in [5.74, 6) is -0.131. The standard InChI is InChI=1S/C18H19ClN2O2/c19-16-5-3-15(4-6-16)18(22)20-17-7-1-14(2-8-17)13-21-9-11-23-12-10-21/h1-8H,9-13H2,(H,20,22)/p+1. The molecule has 0 atom stereocenters. The summed E-state index contributed by atoms with van der Waals surface area (Å²) in [6.07, 6.45) is 0. The molecule has 1 heterocycles. The lowest BCUT2D eigenvalue weighted by Crippen LogP contribution is -3.12. The molecular weight excluding hydrogens is 312 g/mol. The molecular formula is C18H20ClN2O2+. The fraction of sp³-hybridized carbons (Fsp3) is 0.278. The van der Waals surface area contributed by atoms with E-state index in [9.17, 15) is 4.79 Å². The van der Waals surface area contributed by atoms with Gasteiger partial charge in [0.2, 0.25) is 0 Å². The molecule has 0 unspecified atom stereocenters. The van der Waals surface area contributed by atoms with Crippen molar-refractivity contribution in [2.75, 3.05) is 31.6 Å². The van der Waals surface area contributed by atoms with Crippen molar-refractivity contribution < 1.29 is 14.4 Å². The van der Waals surface area contributed by atoms with Gasteiger partial charge in [0, 0.05) is 21.8 Å². The summed E-state index contributed by atoms with van der Waals surface area (Å²) in [5, 5.41) is 3.52. The number of benzene rings is 2. The summed E-state index contributed by atoms with van der Waals surface area (Å²) in [4.78, 5) is 13.7. The van der Waals surface area contributed by atoms with Gasteiger partial charge in [-0.05, 0) is 36.4 Å². The first kappa shape index (κ1) is 16.0. The maximum Gasteiger partial charge on any atom is 0.255 e. The van der Waals surface area contributed by atoms with Crippen molar-refractivity contribution >= 4 is 23.2 Å². The molecule has 4 nitrogen and oxygen atoms in total. The molecule has 2 aromatic carbocycles. The number of halogens is 1. The summed E-state index contributed by atoms with van der Waals surface area (Å²) >= 11 is 5.83. The Morgan fingerprint density at radius 1 is 1.04 bits per heavy atom. The largest absolute Gasteiger partial charge is 0.370 e. The highest BCUT2D eigenvalue weighted by atomic mass is 35.5. The van der Waals surface area contributed by atoms with Crippen LogP contribution >= 0.6 is 11.6 Å². The normalized spacial score (nSPS) is 15.3. The van der Waals surface area contributed by atoms with E-state index in [1.807, 2.05) is 12.1 Å². The Morgan fingerprint density at radius 2 is 1.70 bits per heavy atom. The van der Waals surface area contributed by atoms with E-state index in [4.69, 9.17) is 16.3 Å². The minimum absolute atomic E-state index is 0.131. The van der Waals surface area contributed by atoms with E-state index >= 15 is 0 Å². The molecule has 120 valence electrons. The third kappa shape index (κ3) is 4.55. The van der Waals surface area contributed by atoms with Gasteiger partial charge in [0.15, 0.2) is 0 Å². The van der Waals surface area contributed by atoms with E-state index in [0.717, 1.165) is 38.5 Å². The Kier molecular flexibility index (Phi) is 5.28. The third-order valence-corrected chi connectivity index (χ3v) is 4.22. The van der Waals surface area contributed by atoms with E-state index in [1.54, 1.807) is 24.3 Å². The van der Waals surface area contributed by atoms with Crippen LogP contribution in [0.2, 0.25) is 5.02 Å². The molecule has 1 amide bonds. The number of carbonyl (C=O) groups excluding carboxylic acids is 1. The number of anilines is 1. The average Bonchev–Trinajstić information content (AvgIpc) is 2.58. The van der Waals surface area contributed by atoms with Gasteiger partial charge >= 0.3 is 0 Å². The van der Waals surface area contributed by atoms with Crippen LogP contribution in [0.4, 0.5) is 5.69 Å². The summed E-state index contributed by atoms with van der Waals surface area (Å²) in [6, 6.07) is 14.9. The van der Waals surface area contributed by atoms with Crippen LogP contribution in [0.5, 0.6) is 0 Å². The van der Waals surface area contributed by atoms with Crippen LogP contribution < -0.4 is 10.2 Å². The monoisotopic (exact) mass is 331 g/mol. The number of ether oxygens (including phenoxy) is 1. The zero-order chi connectivity index (χ0) is 16.1. The number of amides is 1. The minimum Gasteiger partial charge on any atom is -0.370 e. The molecule has 0 bridgehead atoms. The summed E-state index contributed by atoms with van der Waals surface area (Å²) in [7, 11) is 0. The summed E-state index contributed by atoms with van der Waals surface area (Å²) < 4.78 is 5.37. The van der Waals surface area contributed by atoms with Crippen molar-refractivity contribution in [3.63, 3.8) is 0 Å². The number of nitrogens with one attached hydrogen (secondary N) is 2. The Balaban J connectivity index is 1.58. The van der Waals surface area contributed by atoms with Gasteiger partial charge in [-0.15, -0.1) is 0 Å². The first-order valence-electron chi connectivity index (χ1n) is 7.78. The number of carbonyl (C=O) groups is 1. The number of hydrogen-bond donors (Lipinski definition) is 2. The van der Waals surface area contributed by atoms with Crippen LogP contribution in [0.1, 0.15) is 15.9 Å². The van der Waals surface area contributed by atoms with Crippen molar-refractivity contribution in [1.29, 1.82) is 0 Å². The van der Waals surface area contributed by atoms with E-state index in [1.165, 1.54) is 10.5 Å². The van der Waals surface area contributed by atoms with Gasteiger partial charge in [0.25, 0.3) is 5.91 Å². The molecule has 0 saturated carbocycles. The highest BCUT2D eigenvalue weighted by Crippen LogP contribution is 2.13. The predicted molar refractivity (Wildman–Crippen MR) is 91.1 cm³/mol. The van der Waals surface area contributed by atoms with Crippen molar-refractivity contribution in [2.24, 2.45) is 0 Å². The third-order valence-electron chi connectivity index (χ3n) is 3.97. The predicted octanol–water partition coefficient (Wildman–Crippen LogP) is 2.01. The highest BCUT2D eigenvalue weighted by Gasteiger charge is 2.14. The van der Waals surface area contributed by atoms with Crippen LogP contribution in [-0.2, 0) is 11.3 Å². The maximum absolute atomic E-state index is 12.2. The summed E-state index contributed by atoms with van der Waals surface area (Å²) in [5.41, 5.74) is 2.66. The molecule has 2 N–H and O–H groups in total. The lowest BCUT2D eigenvalue weighted by molar-refractivity contribution is -0.921. The molecule has 0 radical (unpaired) electrons. The van der Waals surface area contributed by atoms with Gasteiger partial charge in [-0.2, -0.15) is 0 Å². The Hall–Kier alpha value is -1.88. The fourth-order valence-electron chi connectivity index (χ4n) is 2.64. The number of quaternary nitrogens is 1. The number of rotatable bonds is 4. The zero-order valence-corrected chi connectivity index (χ0v) is 13.6. The number of morpholine rings is 1. The molecule has 3 rings (SSSR count). The fourth-order valence-corrected chi connectivity index (χ4v) is 2.76. The van der Waals surface area contributed by atoms with Gasteiger partial charge in [-0.1, -0.05) is 23.7 Å². The quantitative estimate of drug-likeness (QED) is 0.900. The second-order valence-electron chi connectivity index (χ2n) is 5.70. The Labute approximate surface area is 141 Å². The average molecular weight is 332 g/mol. The van der Waals surface area contributed by atoms with Crippen LogP contribution in [0.15, 0.2) is 48.5 Å². The van der Waals surface area contributed by atoms with Crippen molar-refractivity contribution in [2.45, 2.75) is 6.54 Å². The molecule has 1 fully saturated rings. The first-order valence-corrected chi connectivity index (χ1v) is 8.16. The van der Waals surface area contributed by atoms with Gasteiger partial charge in [0.05, 0.1) is 13.2 Å². The van der Waals surface area contributed by atoms with Crippen LogP contribution in [-0.4, -0.2) is 32.2 Å². The van der Waals surface area contributed by atoms with Gasteiger partial charge in [-0.25, -0.2) is 0 Å². The Bertz CT molecular complexity index is 650. The van der Waals surface area contributed by atoms with Gasteiger partial charge in [0.1, 0.15) is 19.6 Å². The Morgan fingerprint density at radius 3 is 2.35 bits per heavy atom. The SMILES string of the molecule is O=C(Nc1ccc(C[NH+]2CCOCC2)cc1)c1ccc(Cl)cc1. The van der Waals surface area contributed by atoms with E-state index < -0.39 is 0 Å². The minimum atomic E-state index is -0.131. The molecule has 1 aliphatic heterocycles. The topological polar surface area (TPSA) is 42.8 Å². The van der Waals surface area contributed by atoms with Crippen LogP contribution in [0.25, 0.3) is 0 Å². The lowest BCUT2D eigenvalue weighted by atomic mass is 10.1. The van der Waals surface area contributed by atoms with Crippen molar-refractivity contribution in [3.8, 4) is 0 Å². The van der Waals surface area contributed by atoms with Crippen molar-refractivity contribution in [3.05, 3.63) is 64.7 Å². The van der Waals surface area contributed by atoms with E-state index in [0.29, 0.717) is 10.6 Å². The second-order valence-corrected chi connectivity index (χ2v) is 6.13. The number of hydrogen-bond acceptors (Lipinski definition) is 2. The van der Waals surface area contributed by atoms with E-state index in [-0.39, 0.29) is 5.91 Å². The second kappa shape index (κ2) is 7.59. The highest BCUT2D eigenvalue weighted by molar-refractivity contribution is 6.30. The molecule has 0 aliphatic carbocycles. The van der Waals surface area contributed by atoms with Gasteiger partial charge < -0.3 is 15.0 Å². The van der Waals surface area contributed by atoms with Gasteiger partial charge in [-0.3, -0.25) is 4.79 Å². The smallest absolute Gasteiger partial charge is 0.255 e. The lowest BCUT2D eigenvalue weighted by Gasteiger charge is -2.23. The molecule has 2 aromatic rings. The molecule has 5 heteroatoms. The molecule has 0 aromatic heterocycles. The summed E-state index contributed by atoms with van der Waals surface area (Å²) in [6.45, 7) is 4.77. The van der Waals surface area contributed by atoms with Crippen molar-refractivity contribution in [1.82, 2.24) is 0 Å². The first-order chi connectivity index (χ1) is 11.2.